The third kappa shape index (κ3) is 12.2. The topological polar surface area (TPSA) is 90.9 Å². The number of nitrogens with one attached hydrogen (secondary N) is 1. The van der Waals surface area contributed by atoms with E-state index >= 15 is 0 Å². The predicted molar refractivity (Wildman–Crippen MR) is 73.0 cm³/mol. The van der Waals surface area contributed by atoms with E-state index < -0.39 is 12.1 Å². The van der Waals surface area contributed by atoms with Gasteiger partial charge in [0.15, 0.2) is 0 Å². The van der Waals surface area contributed by atoms with Crippen LogP contribution in [-0.4, -0.2) is 45.4 Å². The summed E-state index contributed by atoms with van der Waals surface area (Å²) in [6.45, 7) is 10.2. The molecule has 7 heteroatoms. The molecule has 0 atom stereocenters. The fourth-order valence-corrected chi connectivity index (χ4v) is 0.666. The Morgan fingerprint density at radius 1 is 0.950 bits per heavy atom. The van der Waals surface area contributed by atoms with Crippen molar-refractivity contribution < 1.29 is 28.6 Å². The van der Waals surface area contributed by atoms with Crippen LogP contribution in [0.15, 0.2) is 24.3 Å². The van der Waals surface area contributed by atoms with Crippen molar-refractivity contribution in [3.8, 4) is 0 Å². The van der Waals surface area contributed by atoms with Crippen LogP contribution in [-0.2, 0) is 23.8 Å². The Morgan fingerprint density at radius 3 is 1.75 bits per heavy atom. The maximum absolute atomic E-state index is 10.8. The Labute approximate surface area is 118 Å². The Morgan fingerprint density at radius 2 is 1.45 bits per heavy atom. The van der Waals surface area contributed by atoms with E-state index in [2.05, 4.69) is 32.7 Å². The lowest BCUT2D eigenvalue weighted by Crippen LogP contribution is -2.27. The third-order valence-corrected chi connectivity index (χ3v) is 1.67. The molecule has 0 aliphatic carbocycles. The monoisotopic (exact) mass is 287 g/mol. The number of methoxy groups -OCH3 is 2. The summed E-state index contributed by atoms with van der Waals surface area (Å²) in [6, 6.07) is 0. The van der Waals surface area contributed by atoms with Gasteiger partial charge in [0, 0.05) is 11.1 Å². The van der Waals surface area contributed by atoms with Crippen LogP contribution in [0, 0.1) is 0 Å². The number of alkyl carbamates (subject to hydrolysis) is 1. The molecule has 0 aromatic carbocycles. The van der Waals surface area contributed by atoms with Crippen LogP contribution >= 0.6 is 0 Å². The van der Waals surface area contributed by atoms with Crippen molar-refractivity contribution in [1.82, 2.24) is 5.32 Å². The summed E-state index contributed by atoms with van der Waals surface area (Å²) in [5.41, 5.74) is 0.764. The molecule has 0 bridgehead atoms. The van der Waals surface area contributed by atoms with E-state index in [1.54, 1.807) is 13.8 Å². The van der Waals surface area contributed by atoms with Crippen molar-refractivity contribution in [2.75, 3.05) is 27.4 Å². The number of hydrogen-bond donors (Lipinski definition) is 1. The van der Waals surface area contributed by atoms with Crippen LogP contribution < -0.4 is 5.32 Å². The number of esters is 2. The Hall–Kier alpha value is -2.31. The largest absolute Gasteiger partial charge is 0.466 e. The molecule has 0 aliphatic rings. The molecule has 0 aromatic rings. The van der Waals surface area contributed by atoms with Gasteiger partial charge in [-0.05, 0) is 13.8 Å². The van der Waals surface area contributed by atoms with Crippen molar-refractivity contribution in [2.24, 2.45) is 0 Å². The Bertz CT molecular complexity index is 375. The van der Waals surface area contributed by atoms with E-state index in [0.29, 0.717) is 11.1 Å². The highest BCUT2D eigenvalue weighted by molar-refractivity contribution is 5.87. The van der Waals surface area contributed by atoms with Gasteiger partial charge >= 0.3 is 18.0 Å². The molecule has 7 nitrogen and oxygen atoms in total. The summed E-state index contributed by atoms with van der Waals surface area (Å²) in [7, 11) is 2.59. The molecule has 0 saturated carbocycles. The van der Waals surface area contributed by atoms with Gasteiger partial charge in [-0.1, -0.05) is 13.2 Å². The first-order chi connectivity index (χ1) is 9.26. The second-order valence-corrected chi connectivity index (χ2v) is 3.61. The second kappa shape index (κ2) is 11.8. The van der Waals surface area contributed by atoms with E-state index in [0.717, 1.165) is 0 Å². The standard InChI is InChI=1S/C8H13NO4.C5H8O2/c1-6(2)7(10)13-5-4-9-8(11)12-3;1-4(2)5(6)7-3/h1,4-5H2,2-3H3,(H,9,11);1H2,2-3H3. The molecule has 0 aliphatic heterocycles. The van der Waals surface area contributed by atoms with Gasteiger partial charge in [-0.25, -0.2) is 14.4 Å². The van der Waals surface area contributed by atoms with Crippen molar-refractivity contribution in [1.29, 1.82) is 0 Å². The highest BCUT2D eigenvalue weighted by Gasteiger charge is 2.02. The highest BCUT2D eigenvalue weighted by Crippen LogP contribution is 1.90. The number of ether oxygens (including phenoxy) is 3. The van der Waals surface area contributed by atoms with Gasteiger partial charge < -0.3 is 19.5 Å². The van der Waals surface area contributed by atoms with Gasteiger partial charge in [0.1, 0.15) is 6.61 Å². The van der Waals surface area contributed by atoms with Crippen LogP contribution in [0.4, 0.5) is 4.79 Å². The highest BCUT2D eigenvalue weighted by atomic mass is 16.5. The fourth-order valence-electron chi connectivity index (χ4n) is 0.666. The van der Waals surface area contributed by atoms with Crippen LogP contribution in [0.25, 0.3) is 0 Å². The molecule has 0 heterocycles. The molecule has 0 unspecified atom stereocenters. The van der Waals surface area contributed by atoms with Crippen LogP contribution in [0.1, 0.15) is 13.8 Å². The lowest BCUT2D eigenvalue weighted by Gasteiger charge is -2.04. The first kappa shape index (κ1) is 20.0. The van der Waals surface area contributed by atoms with E-state index in [-0.39, 0.29) is 19.1 Å². The van der Waals surface area contributed by atoms with Gasteiger partial charge in [-0.2, -0.15) is 0 Å². The molecular formula is C13H21NO6. The smallest absolute Gasteiger partial charge is 0.406 e. The minimum atomic E-state index is -0.550. The summed E-state index contributed by atoms with van der Waals surface area (Å²) in [5.74, 6) is -0.813. The summed E-state index contributed by atoms with van der Waals surface area (Å²) >= 11 is 0. The van der Waals surface area contributed by atoms with Crippen molar-refractivity contribution in [2.45, 2.75) is 13.8 Å². The molecule has 114 valence electrons. The van der Waals surface area contributed by atoms with Crippen molar-refractivity contribution in [3.63, 3.8) is 0 Å². The molecule has 0 saturated heterocycles. The van der Waals surface area contributed by atoms with Crippen LogP contribution in [0.2, 0.25) is 0 Å². The van der Waals surface area contributed by atoms with E-state index in [1.165, 1.54) is 14.2 Å². The quantitative estimate of drug-likeness (QED) is 0.353. The van der Waals surface area contributed by atoms with E-state index in [4.69, 9.17) is 0 Å². The lowest BCUT2D eigenvalue weighted by atomic mass is 10.4. The number of amides is 1. The van der Waals surface area contributed by atoms with E-state index in [9.17, 15) is 14.4 Å². The number of rotatable bonds is 5. The van der Waals surface area contributed by atoms with Crippen LogP contribution in [0.3, 0.4) is 0 Å². The zero-order chi connectivity index (χ0) is 16.1. The number of carbonyl (C=O) groups is 3. The van der Waals surface area contributed by atoms with Gasteiger partial charge in [0.05, 0.1) is 20.8 Å². The molecule has 0 spiro atoms. The number of carbonyl (C=O) groups excluding carboxylic acids is 3. The minimum Gasteiger partial charge on any atom is -0.466 e. The second-order valence-electron chi connectivity index (χ2n) is 3.61. The molecule has 0 rings (SSSR count). The zero-order valence-electron chi connectivity index (χ0n) is 12.3. The summed E-state index contributed by atoms with van der Waals surface area (Å²) in [6.07, 6.45) is -0.550. The molecule has 0 aromatic heterocycles. The summed E-state index contributed by atoms with van der Waals surface area (Å²) in [5, 5.41) is 2.36. The van der Waals surface area contributed by atoms with Gasteiger partial charge in [-0.3, -0.25) is 0 Å². The Balaban J connectivity index is 0. The van der Waals surface area contributed by atoms with E-state index in [1.807, 2.05) is 0 Å². The zero-order valence-corrected chi connectivity index (χ0v) is 12.3. The third-order valence-electron chi connectivity index (χ3n) is 1.67. The molecule has 0 fully saturated rings. The van der Waals surface area contributed by atoms with Crippen molar-refractivity contribution >= 4 is 18.0 Å². The number of hydrogen-bond acceptors (Lipinski definition) is 6. The Kier molecular flexibility index (Phi) is 11.8. The van der Waals surface area contributed by atoms with Crippen LogP contribution in [0.5, 0.6) is 0 Å². The summed E-state index contributed by atoms with van der Waals surface area (Å²) in [4.78, 5) is 31.5. The van der Waals surface area contributed by atoms with Gasteiger partial charge in [-0.15, -0.1) is 0 Å². The van der Waals surface area contributed by atoms with Gasteiger partial charge in [0.25, 0.3) is 0 Å². The first-order valence-corrected chi connectivity index (χ1v) is 5.64. The normalized spacial score (nSPS) is 8.40. The average molecular weight is 287 g/mol. The molecular weight excluding hydrogens is 266 g/mol. The maximum Gasteiger partial charge on any atom is 0.406 e. The summed E-state index contributed by atoms with van der Waals surface area (Å²) < 4.78 is 13.3. The first-order valence-electron chi connectivity index (χ1n) is 5.64. The molecule has 1 N–H and O–H groups in total. The lowest BCUT2D eigenvalue weighted by molar-refractivity contribution is -0.139. The molecule has 1 amide bonds. The molecule has 20 heavy (non-hydrogen) atoms. The average Bonchev–Trinajstić information content (AvgIpc) is 2.42. The van der Waals surface area contributed by atoms with Gasteiger partial charge in [0.2, 0.25) is 0 Å². The fraction of sp³-hybridized carbons (Fsp3) is 0.462. The molecule has 0 radical (unpaired) electrons. The maximum atomic E-state index is 10.8. The van der Waals surface area contributed by atoms with Crippen molar-refractivity contribution in [3.05, 3.63) is 24.3 Å². The minimum absolute atomic E-state index is 0.112. The SMILES string of the molecule is C=C(C)C(=O)OC.C=C(C)C(=O)OCCNC(=O)OC. The predicted octanol–water partition coefficient (Wildman–Crippen LogP) is 1.20.